The Labute approximate surface area is 116 Å². The molecule has 2 rings (SSSR count). The lowest BCUT2D eigenvalue weighted by Gasteiger charge is -2.33. The summed E-state index contributed by atoms with van der Waals surface area (Å²) in [6.07, 6.45) is 3.65. The van der Waals surface area contributed by atoms with Crippen LogP contribution < -0.4 is 5.32 Å². The summed E-state index contributed by atoms with van der Waals surface area (Å²) in [5.41, 5.74) is 0.942. The van der Waals surface area contributed by atoms with E-state index in [1.807, 2.05) is 6.07 Å². The first-order chi connectivity index (χ1) is 8.08. The zero-order valence-corrected chi connectivity index (χ0v) is 12.5. The summed E-state index contributed by atoms with van der Waals surface area (Å²) in [5.74, 6) is 1.44. The van der Waals surface area contributed by atoms with Crippen molar-refractivity contribution in [2.24, 2.45) is 11.8 Å². The maximum Gasteiger partial charge on any atom is 0.138 e. The van der Waals surface area contributed by atoms with E-state index in [2.05, 4.69) is 41.8 Å². The molecule has 1 saturated carbocycles. The third-order valence-electron chi connectivity index (χ3n) is 3.91. The Morgan fingerprint density at radius 2 is 2.00 bits per heavy atom. The van der Waals surface area contributed by atoms with E-state index in [0.717, 1.165) is 17.5 Å². The van der Waals surface area contributed by atoms with Crippen molar-refractivity contribution < 1.29 is 4.39 Å². The van der Waals surface area contributed by atoms with Crippen molar-refractivity contribution >= 4 is 28.3 Å². The minimum Gasteiger partial charge on any atom is -0.381 e. The topological polar surface area (TPSA) is 12.0 Å². The van der Waals surface area contributed by atoms with Crippen molar-refractivity contribution in [2.75, 3.05) is 5.32 Å². The van der Waals surface area contributed by atoms with Crippen LogP contribution in [0.2, 0.25) is 0 Å². The molecular formula is C14H19FIN. The van der Waals surface area contributed by atoms with Crippen molar-refractivity contribution in [1.29, 1.82) is 0 Å². The molecule has 0 heterocycles. The minimum absolute atomic E-state index is 0.132. The molecule has 0 radical (unpaired) electrons. The standard InChI is InChI=1S/C14H19FIN/c1-9-6-7-11(8-10(9)2)17-13-5-3-4-12(15)14(13)16/h3-5,9-11,17H,6-8H2,1-2H3. The summed E-state index contributed by atoms with van der Waals surface area (Å²) in [5, 5.41) is 3.49. The summed E-state index contributed by atoms with van der Waals surface area (Å²) in [7, 11) is 0. The van der Waals surface area contributed by atoms with E-state index < -0.39 is 0 Å². The fourth-order valence-electron chi connectivity index (χ4n) is 2.51. The van der Waals surface area contributed by atoms with Gasteiger partial charge in [0.05, 0.1) is 9.26 Å². The summed E-state index contributed by atoms with van der Waals surface area (Å²) in [4.78, 5) is 0. The summed E-state index contributed by atoms with van der Waals surface area (Å²) >= 11 is 2.07. The molecule has 1 aliphatic rings. The number of halogens is 2. The molecular weight excluding hydrogens is 328 g/mol. The van der Waals surface area contributed by atoms with Gasteiger partial charge in [-0.1, -0.05) is 19.9 Å². The van der Waals surface area contributed by atoms with Gasteiger partial charge in [0.15, 0.2) is 0 Å². The lowest BCUT2D eigenvalue weighted by Crippen LogP contribution is -2.30. The summed E-state index contributed by atoms with van der Waals surface area (Å²) < 4.78 is 14.1. The number of anilines is 1. The molecule has 3 atom stereocenters. The molecule has 0 amide bonds. The van der Waals surface area contributed by atoms with Crippen LogP contribution in [0.25, 0.3) is 0 Å². The molecule has 1 aromatic rings. The maximum atomic E-state index is 13.4. The predicted octanol–water partition coefficient (Wildman–Crippen LogP) is 4.67. The number of hydrogen-bond donors (Lipinski definition) is 1. The summed E-state index contributed by atoms with van der Waals surface area (Å²) in [6, 6.07) is 5.75. The monoisotopic (exact) mass is 347 g/mol. The quantitative estimate of drug-likeness (QED) is 0.767. The van der Waals surface area contributed by atoms with E-state index >= 15 is 0 Å². The van der Waals surface area contributed by atoms with Gasteiger partial charge in [-0.2, -0.15) is 0 Å². The Morgan fingerprint density at radius 3 is 2.71 bits per heavy atom. The van der Waals surface area contributed by atoms with Gasteiger partial charge < -0.3 is 5.32 Å². The van der Waals surface area contributed by atoms with Crippen LogP contribution in [0.5, 0.6) is 0 Å². The molecule has 1 fully saturated rings. The van der Waals surface area contributed by atoms with Crippen molar-refractivity contribution in [2.45, 2.75) is 39.2 Å². The van der Waals surface area contributed by atoms with Crippen LogP contribution in [0, 0.1) is 21.2 Å². The third-order valence-corrected chi connectivity index (χ3v) is 5.01. The zero-order chi connectivity index (χ0) is 12.4. The molecule has 94 valence electrons. The first-order valence-corrected chi connectivity index (χ1v) is 7.36. The second-order valence-corrected chi connectivity index (χ2v) is 6.29. The molecule has 0 aromatic heterocycles. The van der Waals surface area contributed by atoms with Crippen molar-refractivity contribution in [3.8, 4) is 0 Å². The molecule has 0 aliphatic heterocycles. The number of rotatable bonds is 2. The zero-order valence-electron chi connectivity index (χ0n) is 10.3. The third kappa shape index (κ3) is 3.12. The van der Waals surface area contributed by atoms with E-state index in [9.17, 15) is 4.39 Å². The number of hydrogen-bond acceptors (Lipinski definition) is 1. The molecule has 1 nitrogen and oxygen atoms in total. The highest BCUT2D eigenvalue weighted by molar-refractivity contribution is 14.1. The van der Waals surface area contributed by atoms with Gasteiger partial charge >= 0.3 is 0 Å². The lowest BCUT2D eigenvalue weighted by atomic mass is 9.79. The second-order valence-electron chi connectivity index (χ2n) is 5.21. The fraction of sp³-hybridized carbons (Fsp3) is 0.571. The van der Waals surface area contributed by atoms with Crippen molar-refractivity contribution in [3.05, 3.63) is 27.6 Å². The Hall–Kier alpha value is -0.320. The average molecular weight is 347 g/mol. The van der Waals surface area contributed by atoms with E-state index in [-0.39, 0.29) is 5.82 Å². The highest BCUT2D eigenvalue weighted by Crippen LogP contribution is 2.32. The highest BCUT2D eigenvalue weighted by atomic mass is 127. The van der Waals surface area contributed by atoms with Gasteiger partial charge in [-0.15, -0.1) is 0 Å². The van der Waals surface area contributed by atoms with E-state index in [1.54, 1.807) is 6.07 Å². The SMILES string of the molecule is CC1CCC(Nc2cccc(F)c2I)CC1C. The molecule has 3 unspecified atom stereocenters. The van der Waals surface area contributed by atoms with Gasteiger partial charge in [0.2, 0.25) is 0 Å². The number of nitrogens with one attached hydrogen (secondary N) is 1. The first-order valence-electron chi connectivity index (χ1n) is 6.28. The average Bonchev–Trinajstić information content (AvgIpc) is 2.30. The molecule has 1 aliphatic carbocycles. The fourth-order valence-corrected chi connectivity index (χ4v) is 3.03. The predicted molar refractivity (Wildman–Crippen MR) is 78.7 cm³/mol. The number of benzene rings is 1. The molecule has 17 heavy (non-hydrogen) atoms. The Morgan fingerprint density at radius 1 is 1.24 bits per heavy atom. The van der Waals surface area contributed by atoms with Gasteiger partial charge in [0, 0.05) is 6.04 Å². The van der Waals surface area contributed by atoms with E-state index in [0.29, 0.717) is 9.61 Å². The molecule has 0 spiro atoms. The van der Waals surface area contributed by atoms with Crippen LogP contribution in [0.15, 0.2) is 18.2 Å². The molecule has 1 N–H and O–H groups in total. The smallest absolute Gasteiger partial charge is 0.138 e. The Balaban J connectivity index is 2.04. The molecule has 3 heteroatoms. The molecule has 0 saturated heterocycles. The van der Waals surface area contributed by atoms with Gasteiger partial charge in [0.25, 0.3) is 0 Å². The second kappa shape index (κ2) is 5.55. The van der Waals surface area contributed by atoms with Crippen LogP contribution in [-0.2, 0) is 0 Å². The first kappa shape index (κ1) is 13.1. The van der Waals surface area contributed by atoms with Gasteiger partial charge in [-0.05, 0) is 65.8 Å². The molecule has 0 bridgehead atoms. The van der Waals surface area contributed by atoms with Crippen molar-refractivity contribution in [1.82, 2.24) is 0 Å². The van der Waals surface area contributed by atoms with Crippen molar-refractivity contribution in [3.63, 3.8) is 0 Å². The van der Waals surface area contributed by atoms with Gasteiger partial charge in [0.1, 0.15) is 5.82 Å². The Kier molecular flexibility index (Phi) is 4.28. The molecule has 1 aromatic carbocycles. The van der Waals surface area contributed by atoms with Crippen LogP contribution >= 0.6 is 22.6 Å². The van der Waals surface area contributed by atoms with Crippen LogP contribution in [0.3, 0.4) is 0 Å². The van der Waals surface area contributed by atoms with E-state index in [4.69, 9.17) is 0 Å². The Bertz CT molecular complexity index is 394. The van der Waals surface area contributed by atoms with Crippen LogP contribution in [0.1, 0.15) is 33.1 Å². The van der Waals surface area contributed by atoms with Gasteiger partial charge in [-0.3, -0.25) is 0 Å². The van der Waals surface area contributed by atoms with Crippen LogP contribution in [0.4, 0.5) is 10.1 Å². The highest BCUT2D eigenvalue weighted by Gasteiger charge is 2.24. The largest absolute Gasteiger partial charge is 0.381 e. The maximum absolute atomic E-state index is 13.4. The van der Waals surface area contributed by atoms with E-state index in [1.165, 1.54) is 25.3 Å². The summed E-state index contributed by atoms with van der Waals surface area (Å²) in [6.45, 7) is 4.64. The normalized spacial score (nSPS) is 29.1. The van der Waals surface area contributed by atoms with Gasteiger partial charge in [-0.25, -0.2) is 4.39 Å². The lowest BCUT2D eigenvalue weighted by molar-refractivity contribution is 0.261. The minimum atomic E-state index is -0.132. The van der Waals surface area contributed by atoms with Crippen LogP contribution in [-0.4, -0.2) is 6.04 Å².